The summed E-state index contributed by atoms with van der Waals surface area (Å²) in [7, 11) is -3.84. The first-order valence-electron chi connectivity index (χ1n) is 8.69. The summed E-state index contributed by atoms with van der Waals surface area (Å²) in [5.41, 5.74) is 0. The summed E-state index contributed by atoms with van der Waals surface area (Å²) in [5.74, 6) is -0.620. The van der Waals surface area contributed by atoms with E-state index in [1.165, 1.54) is 22.5 Å². The highest BCUT2D eigenvalue weighted by molar-refractivity contribution is 7.89. The molecule has 1 atom stereocenters. The van der Waals surface area contributed by atoms with Crippen LogP contribution in [0.4, 0.5) is 4.39 Å². The molecule has 0 saturated carbocycles. The Morgan fingerprint density at radius 2 is 1.64 bits per heavy atom. The van der Waals surface area contributed by atoms with E-state index < -0.39 is 15.8 Å². The molecule has 8 heteroatoms. The van der Waals surface area contributed by atoms with E-state index in [4.69, 9.17) is 0 Å². The van der Waals surface area contributed by atoms with Crippen molar-refractivity contribution in [2.24, 2.45) is 0 Å². The summed E-state index contributed by atoms with van der Waals surface area (Å²) >= 11 is 0. The second-order valence-corrected chi connectivity index (χ2v) is 8.49. The molecule has 0 aliphatic carbocycles. The van der Waals surface area contributed by atoms with Crippen LogP contribution in [0.2, 0.25) is 0 Å². The van der Waals surface area contributed by atoms with Gasteiger partial charge in [-0.1, -0.05) is 12.1 Å². The maximum absolute atomic E-state index is 13.9. The van der Waals surface area contributed by atoms with Crippen molar-refractivity contribution in [3.63, 3.8) is 0 Å². The summed E-state index contributed by atoms with van der Waals surface area (Å²) in [6, 6.07) is 5.17. The number of piperazine rings is 1. The first kappa shape index (κ1) is 18.3. The van der Waals surface area contributed by atoms with Gasteiger partial charge < -0.3 is 4.90 Å². The van der Waals surface area contributed by atoms with Crippen LogP contribution in [-0.2, 0) is 14.8 Å². The topological polar surface area (TPSA) is 60.9 Å². The lowest BCUT2D eigenvalue weighted by Gasteiger charge is -2.37. The third-order valence-electron chi connectivity index (χ3n) is 5.05. The highest BCUT2D eigenvalue weighted by Crippen LogP contribution is 2.21. The molecule has 0 aromatic heterocycles. The van der Waals surface area contributed by atoms with Crippen molar-refractivity contribution in [3.8, 4) is 0 Å². The van der Waals surface area contributed by atoms with Crippen molar-refractivity contribution < 1.29 is 17.6 Å². The predicted molar refractivity (Wildman–Crippen MR) is 92.0 cm³/mol. The third kappa shape index (κ3) is 3.70. The summed E-state index contributed by atoms with van der Waals surface area (Å²) < 4.78 is 40.4. The first-order valence-corrected chi connectivity index (χ1v) is 10.1. The van der Waals surface area contributed by atoms with Crippen LogP contribution in [0.3, 0.4) is 0 Å². The molecular weight excluding hydrogens is 345 g/mol. The fraction of sp³-hybridized carbons (Fsp3) is 0.588. The molecular formula is C17H24FN3O3S. The number of carbonyl (C=O) groups is 1. The molecule has 2 heterocycles. The Morgan fingerprint density at radius 3 is 2.24 bits per heavy atom. The van der Waals surface area contributed by atoms with Crippen molar-refractivity contribution in [1.29, 1.82) is 0 Å². The molecule has 2 fully saturated rings. The van der Waals surface area contributed by atoms with Gasteiger partial charge in [-0.05, 0) is 31.9 Å². The second kappa shape index (κ2) is 7.39. The van der Waals surface area contributed by atoms with Crippen LogP contribution in [0, 0.1) is 5.82 Å². The molecule has 138 valence electrons. The van der Waals surface area contributed by atoms with E-state index in [2.05, 4.69) is 0 Å². The highest BCUT2D eigenvalue weighted by atomic mass is 32.2. The molecule has 25 heavy (non-hydrogen) atoms. The summed E-state index contributed by atoms with van der Waals surface area (Å²) in [5, 5.41) is 0. The zero-order valence-electron chi connectivity index (χ0n) is 14.4. The van der Waals surface area contributed by atoms with Gasteiger partial charge in [0.1, 0.15) is 10.7 Å². The number of benzene rings is 1. The Bertz CT molecular complexity index is 726. The number of halogens is 1. The highest BCUT2D eigenvalue weighted by Gasteiger charge is 2.34. The maximum atomic E-state index is 13.9. The van der Waals surface area contributed by atoms with Crippen LogP contribution < -0.4 is 0 Å². The first-order chi connectivity index (χ1) is 11.9. The van der Waals surface area contributed by atoms with Gasteiger partial charge >= 0.3 is 0 Å². The fourth-order valence-corrected chi connectivity index (χ4v) is 4.97. The maximum Gasteiger partial charge on any atom is 0.246 e. The minimum atomic E-state index is -3.84. The van der Waals surface area contributed by atoms with Crippen LogP contribution >= 0.6 is 0 Å². The summed E-state index contributed by atoms with van der Waals surface area (Å²) in [4.78, 5) is 16.1. The van der Waals surface area contributed by atoms with Gasteiger partial charge in [0, 0.05) is 39.3 Å². The number of hydrogen-bond donors (Lipinski definition) is 0. The Balaban J connectivity index is 1.63. The van der Waals surface area contributed by atoms with Crippen molar-refractivity contribution in [3.05, 3.63) is 30.1 Å². The van der Waals surface area contributed by atoms with Gasteiger partial charge in [0.25, 0.3) is 0 Å². The lowest BCUT2D eigenvalue weighted by molar-refractivity contribution is -0.135. The van der Waals surface area contributed by atoms with Gasteiger partial charge in [-0.15, -0.1) is 0 Å². The quantitative estimate of drug-likeness (QED) is 0.799. The van der Waals surface area contributed by atoms with Crippen LogP contribution in [0.5, 0.6) is 0 Å². The van der Waals surface area contributed by atoms with E-state index in [1.807, 2.05) is 16.7 Å². The zero-order chi connectivity index (χ0) is 18.0. The number of carbonyl (C=O) groups excluding carboxylic acids is 1. The van der Waals surface area contributed by atoms with E-state index in [0.717, 1.165) is 32.0 Å². The third-order valence-corrected chi connectivity index (χ3v) is 6.98. The number of hydrogen-bond acceptors (Lipinski definition) is 4. The minimum Gasteiger partial charge on any atom is -0.341 e. The van der Waals surface area contributed by atoms with Gasteiger partial charge in [-0.3, -0.25) is 9.69 Å². The zero-order valence-corrected chi connectivity index (χ0v) is 15.2. The molecule has 6 nitrogen and oxygen atoms in total. The van der Waals surface area contributed by atoms with E-state index in [0.29, 0.717) is 13.1 Å². The van der Waals surface area contributed by atoms with Crippen LogP contribution in [0.1, 0.15) is 19.8 Å². The molecule has 2 saturated heterocycles. The SMILES string of the molecule is C[C@@H](C(=O)N1CCCC1)N1CCN(S(=O)(=O)c2ccccc2F)CC1. The van der Waals surface area contributed by atoms with Crippen molar-refractivity contribution in [2.75, 3.05) is 39.3 Å². The number of likely N-dealkylation sites (tertiary alicyclic amines) is 1. The lowest BCUT2D eigenvalue weighted by Crippen LogP contribution is -2.55. The Kier molecular flexibility index (Phi) is 5.41. The molecule has 2 aliphatic heterocycles. The molecule has 1 aromatic carbocycles. The standard InChI is InChI=1S/C17H24FN3O3S/c1-14(17(22)20-8-4-5-9-20)19-10-12-21(13-11-19)25(23,24)16-7-3-2-6-15(16)18/h2-3,6-7,14H,4-5,8-13H2,1H3/t14-/m0/s1. The molecule has 0 radical (unpaired) electrons. The number of rotatable bonds is 4. The molecule has 1 amide bonds. The van der Waals surface area contributed by atoms with Gasteiger partial charge in [0.05, 0.1) is 6.04 Å². The Labute approximate surface area is 148 Å². The van der Waals surface area contributed by atoms with Crippen molar-refractivity contribution in [1.82, 2.24) is 14.1 Å². The average Bonchev–Trinajstić information content (AvgIpc) is 3.15. The van der Waals surface area contributed by atoms with E-state index >= 15 is 0 Å². The smallest absolute Gasteiger partial charge is 0.246 e. The minimum absolute atomic E-state index is 0.114. The van der Waals surface area contributed by atoms with Gasteiger partial charge in [0.2, 0.25) is 15.9 Å². The molecule has 2 aliphatic rings. The molecule has 0 N–H and O–H groups in total. The van der Waals surface area contributed by atoms with Crippen LogP contribution in [0.25, 0.3) is 0 Å². The number of amides is 1. The van der Waals surface area contributed by atoms with Crippen molar-refractivity contribution in [2.45, 2.75) is 30.7 Å². The molecule has 0 bridgehead atoms. The largest absolute Gasteiger partial charge is 0.341 e. The van der Waals surface area contributed by atoms with Gasteiger partial charge in [-0.2, -0.15) is 4.31 Å². The molecule has 1 aromatic rings. The van der Waals surface area contributed by atoms with Gasteiger partial charge in [0.15, 0.2) is 0 Å². The van der Waals surface area contributed by atoms with Gasteiger partial charge in [-0.25, -0.2) is 12.8 Å². The summed E-state index contributed by atoms with van der Waals surface area (Å²) in [6.45, 7) is 4.95. The Morgan fingerprint density at radius 1 is 1.04 bits per heavy atom. The molecule has 0 spiro atoms. The molecule has 0 unspecified atom stereocenters. The number of nitrogens with zero attached hydrogens (tertiary/aromatic N) is 3. The number of sulfonamides is 1. The van der Waals surface area contributed by atoms with Crippen LogP contribution in [-0.4, -0.2) is 73.7 Å². The van der Waals surface area contributed by atoms with Crippen molar-refractivity contribution >= 4 is 15.9 Å². The second-order valence-electron chi connectivity index (χ2n) is 6.58. The Hall–Kier alpha value is -1.51. The predicted octanol–water partition coefficient (Wildman–Crippen LogP) is 1.14. The fourth-order valence-electron chi connectivity index (χ4n) is 3.48. The van der Waals surface area contributed by atoms with Crippen LogP contribution in [0.15, 0.2) is 29.2 Å². The van der Waals surface area contributed by atoms with E-state index in [1.54, 1.807) is 0 Å². The van der Waals surface area contributed by atoms with E-state index in [9.17, 15) is 17.6 Å². The molecule has 3 rings (SSSR count). The van der Waals surface area contributed by atoms with E-state index in [-0.39, 0.29) is 29.9 Å². The normalized spacial score (nSPS) is 21.4. The lowest BCUT2D eigenvalue weighted by atomic mass is 10.2. The average molecular weight is 369 g/mol. The monoisotopic (exact) mass is 369 g/mol. The summed E-state index contributed by atoms with van der Waals surface area (Å²) in [6.07, 6.45) is 2.10.